The van der Waals surface area contributed by atoms with Crippen LogP contribution in [0, 0.1) is 9.49 Å². The van der Waals surface area contributed by atoms with Gasteiger partial charge in [-0.2, -0.15) is 0 Å². The maximum Gasteiger partial charge on any atom is 0.326 e. The minimum Gasteiger partial charge on any atom is -0.480 e. The van der Waals surface area contributed by atoms with Crippen molar-refractivity contribution in [3.63, 3.8) is 0 Å². The van der Waals surface area contributed by atoms with Gasteiger partial charge in [-0.1, -0.05) is 12.1 Å². The molecule has 2 rings (SSSR count). The van der Waals surface area contributed by atoms with E-state index in [1.807, 2.05) is 24.3 Å². The fourth-order valence-electron chi connectivity index (χ4n) is 2.13. The quantitative estimate of drug-likeness (QED) is 0.748. The molecule has 1 saturated heterocycles. The van der Waals surface area contributed by atoms with Crippen LogP contribution < -0.4 is 5.32 Å². The van der Waals surface area contributed by atoms with Crippen LogP contribution in [0.1, 0.15) is 12.0 Å². The van der Waals surface area contributed by atoms with Crippen molar-refractivity contribution in [2.75, 3.05) is 13.2 Å². The van der Waals surface area contributed by atoms with Gasteiger partial charge in [-0.25, -0.2) is 4.79 Å². The van der Waals surface area contributed by atoms with Gasteiger partial charge in [-0.3, -0.25) is 4.79 Å². The molecule has 1 aromatic carbocycles. The van der Waals surface area contributed by atoms with Gasteiger partial charge in [-0.15, -0.1) is 0 Å². The highest BCUT2D eigenvalue weighted by atomic mass is 127. The molecule has 1 aliphatic rings. The Bertz CT molecular complexity index is 500. The third-order valence-corrected chi connectivity index (χ3v) is 3.91. The van der Waals surface area contributed by atoms with E-state index >= 15 is 0 Å². The number of benzene rings is 1. The van der Waals surface area contributed by atoms with Gasteiger partial charge < -0.3 is 15.2 Å². The number of hydrogen-bond donors (Lipinski definition) is 2. The highest BCUT2D eigenvalue weighted by Gasteiger charge is 2.28. The van der Waals surface area contributed by atoms with Crippen molar-refractivity contribution in [1.82, 2.24) is 5.32 Å². The molecule has 0 aliphatic carbocycles. The normalized spacial score (nSPS) is 19.6. The van der Waals surface area contributed by atoms with Crippen molar-refractivity contribution >= 4 is 34.5 Å². The summed E-state index contributed by atoms with van der Waals surface area (Å²) in [6.45, 7) is 0.939. The Labute approximate surface area is 130 Å². The number of nitrogens with one attached hydrogen (secondary N) is 1. The minimum atomic E-state index is -1.02. The third kappa shape index (κ3) is 4.17. The van der Waals surface area contributed by atoms with Gasteiger partial charge in [0.2, 0.25) is 5.91 Å². The van der Waals surface area contributed by atoms with Crippen LogP contribution in [0.4, 0.5) is 0 Å². The Morgan fingerprint density at radius 1 is 1.50 bits per heavy atom. The van der Waals surface area contributed by atoms with Gasteiger partial charge in [0.25, 0.3) is 0 Å². The molecule has 1 amide bonds. The van der Waals surface area contributed by atoms with E-state index in [1.165, 1.54) is 0 Å². The van der Waals surface area contributed by atoms with Crippen LogP contribution in [0.25, 0.3) is 0 Å². The first-order valence-electron chi connectivity index (χ1n) is 6.41. The summed E-state index contributed by atoms with van der Waals surface area (Å²) in [6, 6.07) is 6.70. The molecule has 0 saturated carbocycles. The first-order valence-corrected chi connectivity index (χ1v) is 7.49. The lowest BCUT2D eigenvalue weighted by atomic mass is 10.0. The number of amides is 1. The van der Waals surface area contributed by atoms with Gasteiger partial charge in [0.15, 0.2) is 0 Å². The average Bonchev–Trinajstić information content (AvgIpc) is 2.91. The van der Waals surface area contributed by atoms with E-state index in [4.69, 9.17) is 4.74 Å². The van der Waals surface area contributed by atoms with Crippen molar-refractivity contribution in [1.29, 1.82) is 0 Å². The molecular formula is C14H16INO4. The fourth-order valence-corrected chi connectivity index (χ4v) is 2.74. The zero-order valence-electron chi connectivity index (χ0n) is 10.8. The Balaban J connectivity index is 2.00. The molecule has 1 aromatic rings. The van der Waals surface area contributed by atoms with Crippen molar-refractivity contribution in [2.24, 2.45) is 5.92 Å². The van der Waals surface area contributed by atoms with Crippen LogP contribution in [0.5, 0.6) is 0 Å². The first kappa shape index (κ1) is 15.2. The molecule has 0 aromatic heterocycles. The summed E-state index contributed by atoms with van der Waals surface area (Å²) < 4.78 is 6.19. The summed E-state index contributed by atoms with van der Waals surface area (Å²) in [7, 11) is 0. The largest absolute Gasteiger partial charge is 0.480 e. The van der Waals surface area contributed by atoms with Crippen LogP contribution in [-0.2, 0) is 20.7 Å². The third-order valence-electron chi connectivity index (χ3n) is 3.24. The van der Waals surface area contributed by atoms with Crippen LogP contribution in [0.2, 0.25) is 0 Å². The van der Waals surface area contributed by atoms with Crippen molar-refractivity contribution in [3.8, 4) is 0 Å². The number of hydrogen-bond acceptors (Lipinski definition) is 3. The van der Waals surface area contributed by atoms with Crippen LogP contribution in [0.3, 0.4) is 0 Å². The molecule has 108 valence electrons. The molecule has 1 aliphatic heterocycles. The van der Waals surface area contributed by atoms with Crippen molar-refractivity contribution in [2.45, 2.75) is 18.9 Å². The number of carbonyl (C=O) groups is 2. The molecule has 2 atom stereocenters. The number of carboxylic acids is 1. The molecule has 6 heteroatoms. The van der Waals surface area contributed by atoms with Gasteiger partial charge in [0, 0.05) is 16.6 Å². The van der Waals surface area contributed by atoms with Crippen molar-refractivity contribution in [3.05, 3.63) is 33.4 Å². The lowest BCUT2D eigenvalue weighted by molar-refractivity contribution is -0.142. The maximum atomic E-state index is 12.0. The fraction of sp³-hybridized carbons (Fsp3) is 0.429. The summed E-state index contributed by atoms with van der Waals surface area (Å²) >= 11 is 2.17. The Kier molecular flexibility index (Phi) is 5.36. The lowest BCUT2D eigenvalue weighted by Gasteiger charge is -2.17. The van der Waals surface area contributed by atoms with E-state index < -0.39 is 12.0 Å². The molecule has 0 radical (unpaired) electrons. The standard InChI is InChI=1S/C14H16INO4/c15-11-3-1-2-9(6-11)7-12(14(18)19)16-13(17)10-4-5-20-8-10/h1-3,6,10,12H,4-5,7-8H2,(H,16,17)(H,18,19)/t10-,12+/m1/s1. The van der Waals surface area contributed by atoms with Gasteiger partial charge in [-0.05, 0) is 46.7 Å². The highest BCUT2D eigenvalue weighted by Crippen LogP contribution is 2.14. The SMILES string of the molecule is O=C(N[C@@H](Cc1cccc(I)c1)C(=O)O)[C@@H]1CCOC1. The van der Waals surface area contributed by atoms with Crippen molar-refractivity contribution < 1.29 is 19.4 Å². The molecule has 1 fully saturated rings. The number of rotatable bonds is 5. The molecule has 5 nitrogen and oxygen atoms in total. The molecule has 20 heavy (non-hydrogen) atoms. The number of carbonyl (C=O) groups excluding carboxylic acids is 1. The molecular weight excluding hydrogens is 373 g/mol. The molecule has 0 spiro atoms. The first-order chi connectivity index (χ1) is 9.56. The van der Waals surface area contributed by atoms with E-state index in [-0.39, 0.29) is 18.2 Å². The molecule has 2 N–H and O–H groups in total. The second-order valence-corrected chi connectivity index (χ2v) is 6.04. The molecule has 0 unspecified atom stereocenters. The molecule has 1 heterocycles. The zero-order chi connectivity index (χ0) is 14.5. The van der Waals surface area contributed by atoms with E-state index in [2.05, 4.69) is 27.9 Å². The Hall–Kier alpha value is -1.15. The zero-order valence-corrected chi connectivity index (χ0v) is 13.0. The average molecular weight is 389 g/mol. The predicted octanol–water partition coefficient (Wildman–Crippen LogP) is 1.44. The number of aliphatic carboxylic acids is 1. The number of halogens is 1. The topological polar surface area (TPSA) is 75.6 Å². The minimum absolute atomic E-state index is 0.229. The molecule has 0 bridgehead atoms. The Morgan fingerprint density at radius 3 is 2.90 bits per heavy atom. The lowest BCUT2D eigenvalue weighted by Crippen LogP contribution is -2.45. The predicted molar refractivity (Wildman–Crippen MR) is 81.4 cm³/mol. The summed E-state index contributed by atoms with van der Waals surface area (Å²) in [5.74, 6) is -1.48. The van der Waals surface area contributed by atoms with E-state index in [0.29, 0.717) is 19.6 Å². The van der Waals surface area contributed by atoms with E-state index in [1.54, 1.807) is 0 Å². The van der Waals surface area contributed by atoms with Gasteiger partial charge in [0.1, 0.15) is 6.04 Å². The number of carboxylic acid groups (broad SMARTS) is 1. The summed E-state index contributed by atoms with van der Waals surface area (Å²) in [6.07, 6.45) is 0.937. The van der Waals surface area contributed by atoms with Crippen LogP contribution >= 0.6 is 22.6 Å². The van der Waals surface area contributed by atoms with Crippen LogP contribution in [0.15, 0.2) is 24.3 Å². The van der Waals surface area contributed by atoms with Crippen LogP contribution in [-0.4, -0.2) is 36.2 Å². The number of ether oxygens (including phenoxy) is 1. The summed E-state index contributed by atoms with van der Waals surface area (Å²) in [5, 5.41) is 11.9. The Morgan fingerprint density at radius 2 is 2.30 bits per heavy atom. The summed E-state index contributed by atoms with van der Waals surface area (Å²) in [5.41, 5.74) is 0.896. The van der Waals surface area contributed by atoms with Gasteiger partial charge in [0.05, 0.1) is 12.5 Å². The highest BCUT2D eigenvalue weighted by molar-refractivity contribution is 14.1. The second-order valence-electron chi connectivity index (χ2n) is 4.79. The second kappa shape index (κ2) is 7.03. The van der Waals surface area contributed by atoms with E-state index in [9.17, 15) is 14.7 Å². The maximum absolute atomic E-state index is 12.0. The van der Waals surface area contributed by atoms with E-state index in [0.717, 1.165) is 9.13 Å². The van der Waals surface area contributed by atoms with Gasteiger partial charge >= 0.3 is 5.97 Å². The monoisotopic (exact) mass is 389 g/mol. The summed E-state index contributed by atoms with van der Waals surface area (Å²) in [4.78, 5) is 23.3. The smallest absolute Gasteiger partial charge is 0.326 e.